The van der Waals surface area contributed by atoms with Crippen molar-refractivity contribution in [1.29, 1.82) is 5.26 Å². The highest BCUT2D eigenvalue weighted by Gasteiger charge is 2.27. The minimum absolute atomic E-state index is 0.218. The SMILES string of the molecule is N#Cc1c(NC(=O)C=Cc2ccc(Cl)cc2Cl)sc2c1CCN(C(=O)O)C2. The first kappa shape index (κ1) is 19.2. The highest BCUT2D eigenvalue weighted by molar-refractivity contribution is 7.16. The Bertz CT molecular complexity index is 994. The molecule has 138 valence electrons. The van der Waals surface area contributed by atoms with E-state index < -0.39 is 12.0 Å². The van der Waals surface area contributed by atoms with Crippen molar-refractivity contribution in [2.45, 2.75) is 13.0 Å². The van der Waals surface area contributed by atoms with Gasteiger partial charge in [0.15, 0.2) is 0 Å². The Kier molecular flexibility index (Phi) is 5.71. The molecule has 2 amide bonds. The molecule has 0 radical (unpaired) electrons. The van der Waals surface area contributed by atoms with Gasteiger partial charge in [0.2, 0.25) is 5.91 Å². The first-order valence-corrected chi connectivity index (χ1v) is 9.43. The third kappa shape index (κ3) is 4.25. The Morgan fingerprint density at radius 2 is 2.15 bits per heavy atom. The molecule has 1 aromatic carbocycles. The van der Waals surface area contributed by atoms with Crippen LogP contribution in [0, 0.1) is 11.3 Å². The van der Waals surface area contributed by atoms with Crippen molar-refractivity contribution in [2.24, 2.45) is 0 Å². The zero-order valence-corrected chi connectivity index (χ0v) is 16.2. The number of carbonyl (C=O) groups is 2. The van der Waals surface area contributed by atoms with E-state index in [2.05, 4.69) is 11.4 Å². The van der Waals surface area contributed by atoms with E-state index in [0.717, 1.165) is 10.4 Å². The van der Waals surface area contributed by atoms with Gasteiger partial charge in [0, 0.05) is 27.5 Å². The first-order chi connectivity index (χ1) is 12.9. The number of fused-ring (bicyclic) bond motifs is 1. The van der Waals surface area contributed by atoms with Crippen LogP contribution in [0.3, 0.4) is 0 Å². The molecule has 2 aromatic rings. The van der Waals surface area contributed by atoms with E-state index in [1.807, 2.05) is 0 Å². The van der Waals surface area contributed by atoms with Crippen molar-refractivity contribution in [1.82, 2.24) is 4.90 Å². The summed E-state index contributed by atoms with van der Waals surface area (Å²) in [6.07, 6.45) is 2.33. The van der Waals surface area contributed by atoms with E-state index in [1.165, 1.54) is 22.3 Å². The molecular formula is C18H13Cl2N3O3S. The molecule has 0 saturated heterocycles. The number of carbonyl (C=O) groups excluding carboxylic acids is 1. The monoisotopic (exact) mass is 421 g/mol. The number of nitrogens with zero attached hydrogens (tertiary/aromatic N) is 2. The molecular weight excluding hydrogens is 409 g/mol. The highest BCUT2D eigenvalue weighted by Crippen LogP contribution is 2.36. The van der Waals surface area contributed by atoms with Crippen LogP contribution in [-0.4, -0.2) is 28.6 Å². The zero-order valence-electron chi connectivity index (χ0n) is 13.8. The molecule has 3 rings (SSSR count). The van der Waals surface area contributed by atoms with Gasteiger partial charge >= 0.3 is 6.09 Å². The van der Waals surface area contributed by atoms with E-state index in [-0.39, 0.29) is 6.54 Å². The summed E-state index contributed by atoms with van der Waals surface area (Å²) in [7, 11) is 0. The van der Waals surface area contributed by atoms with Crippen LogP contribution in [0.4, 0.5) is 9.80 Å². The molecule has 0 saturated carbocycles. The van der Waals surface area contributed by atoms with Gasteiger partial charge < -0.3 is 15.3 Å². The maximum absolute atomic E-state index is 12.2. The largest absolute Gasteiger partial charge is 0.465 e. The number of hydrogen-bond acceptors (Lipinski definition) is 4. The Labute approximate surface area is 169 Å². The van der Waals surface area contributed by atoms with Gasteiger partial charge in [-0.15, -0.1) is 11.3 Å². The molecule has 27 heavy (non-hydrogen) atoms. The number of nitriles is 1. The van der Waals surface area contributed by atoms with Crippen LogP contribution in [0.15, 0.2) is 24.3 Å². The maximum Gasteiger partial charge on any atom is 0.407 e. The normalized spacial score (nSPS) is 13.3. The van der Waals surface area contributed by atoms with Gasteiger partial charge in [-0.25, -0.2) is 4.79 Å². The molecule has 0 unspecified atom stereocenters. The van der Waals surface area contributed by atoms with Gasteiger partial charge in [-0.05, 0) is 35.8 Å². The molecule has 0 spiro atoms. The standard InChI is InChI=1S/C18H13Cl2N3O3S/c19-11-3-1-10(14(20)7-11)2-4-16(24)22-17-13(8-21)12-5-6-23(18(25)26)9-15(12)27-17/h1-4,7H,5-6,9H2,(H,22,24)(H,25,26). The van der Waals surface area contributed by atoms with Gasteiger partial charge in [-0.3, -0.25) is 4.79 Å². The smallest absolute Gasteiger partial charge is 0.407 e. The van der Waals surface area contributed by atoms with Crippen LogP contribution in [-0.2, 0) is 17.8 Å². The van der Waals surface area contributed by atoms with Crippen molar-refractivity contribution in [2.75, 3.05) is 11.9 Å². The fraction of sp³-hybridized carbons (Fsp3) is 0.167. The summed E-state index contributed by atoms with van der Waals surface area (Å²) in [5.41, 5.74) is 1.84. The fourth-order valence-corrected chi connectivity index (χ4v) is 4.42. The zero-order chi connectivity index (χ0) is 19.6. The van der Waals surface area contributed by atoms with Gasteiger partial charge in [0.1, 0.15) is 11.1 Å². The molecule has 0 fully saturated rings. The van der Waals surface area contributed by atoms with E-state index in [9.17, 15) is 14.9 Å². The fourth-order valence-electron chi connectivity index (χ4n) is 2.73. The Hall–Kier alpha value is -2.53. The Balaban J connectivity index is 1.77. The summed E-state index contributed by atoms with van der Waals surface area (Å²) < 4.78 is 0. The molecule has 1 aliphatic heterocycles. The molecule has 9 heteroatoms. The lowest BCUT2D eigenvalue weighted by atomic mass is 10.0. The number of amides is 2. The summed E-state index contributed by atoms with van der Waals surface area (Å²) in [5.74, 6) is -0.411. The summed E-state index contributed by atoms with van der Waals surface area (Å²) in [6.45, 7) is 0.548. The van der Waals surface area contributed by atoms with Crippen LogP contribution in [0.1, 0.15) is 21.6 Å². The second-order valence-electron chi connectivity index (χ2n) is 5.76. The van der Waals surface area contributed by atoms with E-state index in [1.54, 1.807) is 24.3 Å². The second kappa shape index (κ2) is 8.01. The minimum atomic E-state index is -0.999. The first-order valence-electron chi connectivity index (χ1n) is 7.85. The topological polar surface area (TPSA) is 93.4 Å². The molecule has 6 nitrogen and oxygen atoms in total. The van der Waals surface area contributed by atoms with Gasteiger partial charge in [0.25, 0.3) is 0 Å². The van der Waals surface area contributed by atoms with E-state index in [0.29, 0.717) is 39.1 Å². The summed E-state index contributed by atoms with van der Waals surface area (Å²) in [6, 6.07) is 7.05. The lowest BCUT2D eigenvalue weighted by Crippen LogP contribution is -2.34. The summed E-state index contributed by atoms with van der Waals surface area (Å²) >= 11 is 13.1. The Morgan fingerprint density at radius 3 is 2.81 bits per heavy atom. The van der Waals surface area contributed by atoms with Crippen LogP contribution in [0.25, 0.3) is 6.08 Å². The van der Waals surface area contributed by atoms with E-state index >= 15 is 0 Å². The number of carboxylic acid groups (broad SMARTS) is 1. The lowest BCUT2D eigenvalue weighted by molar-refractivity contribution is -0.111. The van der Waals surface area contributed by atoms with Crippen molar-refractivity contribution in [3.8, 4) is 6.07 Å². The molecule has 0 atom stereocenters. The number of rotatable bonds is 3. The summed E-state index contributed by atoms with van der Waals surface area (Å²) in [5, 5.41) is 22.6. The van der Waals surface area contributed by atoms with Crippen molar-refractivity contribution in [3.63, 3.8) is 0 Å². The van der Waals surface area contributed by atoms with Crippen molar-refractivity contribution < 1.29 is 14.7 Å². The molecule has 0 aliphatic carbocycles. The van der Waals surface area contributed by atoms with Crippen molar-refractivity contribution in [3.05, 3.63) is 55.9 Å². The molecule has 1 aliphatic rings. The Morgan fingerprint density at radius 1 is 1.37 bits per heavy atom. The third-order valence-electron chi connectivity index (χ3n) is 4.05. The quantitative estimate of drug-likeness (QED) is 0.707. The number of hydrogen-bond donors (Lipinski definition) is 2. The van der Waals surface area contributed by atoms with E-state index in [4.69, 9.17) is 28.3 Å². The minimum Gasteiger partial charge on any atom is -0.465 e. The van der Waals surface area contributed by atoms with Crippen molar-refractivity contribution >= 4 is 57.6 Å². The molecule has 2 heterocycles. The predicted octanol–water partition coefficient (Wildman–Crippen LogP) is 4.61. The maximum atomic E-state index is 12.2. The molecule has 2 N–H and O–H groups in total. The number of thiophene rings is 1. The average Bonchev–Trinajstić information content (AvgIpc) is 2.96. The highest BCUT2D eigenvalue weighted by atomic mass is 35.5. The molecule has 1 aromatic heterocycles. The van der Waals surface area contributed by atoms with Crippen LogP contribution in [0.5, 0.6) is 0 Å². The van der Waals surface area contributed by atoms with Gasteiger partial charge in [-0.1, -0.05) is 29.3 Å². The number of halogens is 2. The van der Waals surface area contributed by atoms with Gasteiger partial charge in [0.05, 0.1) is 12.1 Å². The number of anilines is 1. The second-order valence-corrected chi connectivity index (χ2v) is 7.71. The lowest BCUT2D eigenvalue weighted by Gasteiger charge is -2.23. The predicted molar refractivity (Wildman–Crippen MR) is 105 cm³/mol. The average molecular weight is 422 g/mol. The van der Waals surface area contributed by atoms with Gasteiger partial charge in [-0.2, -0.15) is 5.26 Å². The number of benzene rings is 1. The molecule has 0 bridgehead atoms. The number of nitrogens with one attached hydrogen (secondary N) is 1. The summed E-state index contributed by atoms with van der Waals surface area (Å²) in [4.78, 5) is 25.4. The van der Waals surface area contributed by atoms with Crippen LogP contribution >= 0.6 is 34.5 Å². The third-order valence-corrected chi connectivity index (χ3v) is 5.75. The van der Waals surface area contributed by atoms with Crippen LogP contribution < -0.4 is 5.32 Å². The van der Waals surface area contributed by atoms with Crippen LogP contribution in [0.2, 0.25) is 10.0 Å².